The lowest BCUT2D eigenvalue weighted by Gasteiger charge is -2.36. The van der Waals surface area contributed by atoms with Gasteiger partial charge in [-0.2, -0.15) is 0 Å². The van der Waals surface area contributed by atoms with Gasteiger partial charge < -0.3 is 9.80 Å². The van der Waals surface area contributed by atoms with E-state index < -0.39 is 0 Å². The van der Waals surface area contributed by atoms with E-state index in [1.54, 1.807) is 0 Å². The molecule has 0 bridgehead atoms. The predicted octanol–water partition coefficient (Wildman–Crippen LogP) is 4.44. The lowest BCUT2D eigenvalue weighted by atomic mass is 10.1. The Morgan fingerprint density at radius 2 is 1.64 bits per heavy atom. The van der Waals surface area contributed by atoms with Crippen LogP contribution in [0.2, 0.25) is 5.02 Å². The molecule has 2 aromatic heterocycles. The van der Waals surface area contributed by atoms with Crippen LogP contribution in [-0.2, 0) is 4.79 Å². The van der Waals surface area contributed by atoms with Crippen molar-refractivity contribution in [2.45, 2.75) is 25.7 Å². The first-order valence-electron chi connectivity index (χ1n) is 11.6. The van der Waals surface area contributed by atoms with E-state index >= 15 is 0 Å². The molecule has 0 unspecified atom stereocenters. The topological polar surface area (TPSA) is 66.6 Å². The monoisotopic (exact) mass is 460 g/mol. The Kier molecular flexibility index (Phi) is 5.14. The first-order chi connectivity index (χ1) is 16.2. The lowest BCUT2D eigenvalue weighted by molar-refractivity contribution is -0.135. The van der Waals surface area contributed by atoms with Crippen LogP contribution in [0, 0.1) is 5.92 Å². The fourth-order valence-corrected chi connectivity index (χ4v) is 5.37. The second-order valence-electron chi connectivity index (χ2n) is 8.89. The summed E-state index contributed by atoms with van der Waals surface area (Å²) in [5, 5.41) is 10.6. The smallest absolute Gasteiger partial charge is 0.225 e. The van der Waals surface area contributed by atoms with Crippen molar-refractivity contribution in [3.05, 3.63) is 53.6 Å². The first kappa shape index (κ1) is 20.4. The standard InChI is InChI=1S/C25H25ClN6O/c26-20-11-5-3-9-18(20)22-28-29-23-19-10-4-6-12-21(19)27-25(32(22)23)31-15-13-30(14-16-31)24(33)17-7-1-2-8-17/h3-6,9-12,17H,1-2,7-8,13-16H2. The number of halogens is 1. The molecule has 4 aromatic rings. The molecular formula is C25H25ClN6O. The van der Waals surface area contributed by atoms with E-state index in [4.69, 9.17) is 16.6 Å². The van der Waals surface area contributed by atoms with Crippen LogP contribution in [0.25, 0.3) is 27.9 Å². The van der Waals surface area contributed by atoms with Crippen LogP contribution in [0.3, 0.4) is 0 Å². The average Bonchev–Trinajstić information content (AvgIpc) is 3.55. The van der Waals surface area contributed by atoms with Crippen molar-refractivity contribution in [3.63, 3.8) is 0 Å². The predicted molar refractivity (Wildman–Crippen MR) is 129 cm³/mol. The summed E-state index contributed by atoms with van der Waals surface area (Å²) in [7, 11) is 0. The highest BCUT2D eigenvalue weighted by Crippen LogP contribution is 2.32. The molecule has 1 aliphatic carbocycles. The number of carbonyl (C=O) groups is 1. The molecule has 1 amide bonds. The van der Waals surface area contributed by atoms with Crippen LogP contribution in [0.4, 0.5) is 5.95 Å². The van der Waals surface area contributed by atoms with E-state index in [9.17, 15) is 4.79 Å². The maximum absolute atomic E-state index is 12.9. The number of anilines is 1. The van der Waals surface area contributed by atoms with Crippen molar-refractivity contribution in [1.29, 1.82) is 0 Å². The third-order valence-corrected chi connectivity index (χ3v) is 7.25. The average molecular weight is 461 g/mol. The number of nitrogens with zero attached hydrogens (tertiary/aromatic N) is 6. The van der Waals surface area contributed by atoms with Gasteiger partial charge in [0.2, 0.25) is 11.9 Å². The maximum atomic E-state index is 12.9. The van der Waals surface area contributed by atoms with Crippen molar-refractivity contribution in [3.8, 4) is 11.4 Å². The molecule has 0 atom stereocenters. The third-order valence-electron chi connectivity index (χ3n) is 6.92. The van der Waals surface area contributed by atoms with Gasteiger partial charge in [0.15, 0.2) is 11.5 Å². The highest BCUT2D eigenvalue weighted by Gasteiger charge is 2.31. The van der Waals surface area contributed by atoms with Gasteiger partial charge in [-0.15, -0.1) is 10.2 Å². The molecule has 7 nitrogen and oxygen atoms in total. The zero-order chi connectivity index (χ0) is 22.4. The molecule has 1 saturated carbocycles. The van der Waals surface area contributed by atoms with E-state index in [-0.39, 0.29) is 5.92 Å². The Morgan fingerprint density at radius 1 is 0.909 bits per heavy atom. The number of piperazine rings is 1. The van der Waals surface area contributed by atoms with Gasteiger partial charge in [0, 0.05) is 43.0 Å². The molecule has 1 saturated heterocycles. The summed E-state index contributed by atoms with van der Waals surface area (Å²) >= 11 is 6.53. The Balaban J connectivity index is 1.41. The number of carbonyl (C=O) groups excluding carboxylic acids is 1. The van der Waals surface area contributed by atoms with Crippen molar-refractivity contribution >= 4 is 40.0 Å². The summed E-state index contributed by atoms with van der Waals surface area (Å²) in [5.74, 6) is 2.00. The molecule has 0 spiro atoms. The number of rotatable bonds is 3. The number of aromatic nitrogens is 4. The van der Waals surface area contributed by atoms with E-state index in [1.165, 1.54) is 12.8 Å². The quantitative estimate of drug-likeness (QED) is 0.452. The molecule has 3 heterocycles. The summed E-state index contributed by atoms with van der Waals surface area (Å²) < 4.78 is 2.01. The number of hydrogen-bond donors (Lipinski definition) is 0. The number of amides is 1. The fraction of sp³-hybridized carbons (Fsp3) is 0.360. The van der Waals surface area contributed by atoms with E-state index in [2.05, 4.69) is 15.1 Å². The molecule has 0 N–H and O–H groups in total. The van der Waals surface area contributed by atoms with Gasteiger partial charge >= 0.3 is 0 Å². The van der Waals surface area contributed by atoms with Gasteiger partial charge in [-0.3, -0.25) is 4.79 Å². The minimum Gasteiger partial charge on any atom is -0.339 e. The number of fused-ring (bicyclic) bond motifs is 3. The van der Waals surface area contributed by atoms with Gasteiger partial charge in [0.25, 0.3) is 0 Å². The van der Waals surface area contributed by atoms with Crippen LogP contribution in [-0.4, -0.2) is 56.6 Å². The van der Waals surface area contributed by atoms with Crippen LogP contribution in [0.15, 0.2) is 48.5 Å². The minimum absolute atomic E-state index is 0.215. The Bertz CT molecular complexity index is 1340. The van der Waals surface area contributed by atoms with Gasteiger partial charge in [-0.1, -0.05) is 48.7 Å². The molecule has 2 aromatic carbocycles. The molecule has 1 aliphatic heterocycles. The Labute approximate surface area is 197 Å². The SMILES string of the molecule is O=C(C1CCCC1)N1CCN(c2nc3ccccc3c3nnc(-c4ccccc4Cl)n23)CC1. The molecule has 2 aliphatic rings. The van der Waals surface area contributed by atoms with Crippen molar-refractivity contribution < 1.29 is 4.79 Å². The third kappa shape index (κ3) is 3.51. The molecule has 8 heteroatoms. The number of hydrogen-bond acceptors (Lipinski definition) is 5. The maximum Gasteiger partial charge on any atom is 0.225 e. The Morgan fingerprint density at radius 3 is 2.42 bits per heavy atom. The summed E-state index contributed by atoms with van der Waals surface area (Å²) in [6.07, 6.45) is 4.42. The van der Waals surface area contributed by atoms with Gasteiger partial charge in [-0.25, -0.2) is 9.38 Å². The molecular weight excluding hydrogens is 436 g/mol. The minimum atomic E-state index is 0.215. The van der Waals surface area contributed by atoms with Gasteiger partial charge in [-0.05, 0) is 37.1 Å². The first-order valence-corrected chi connectivity index (χ1v) is 12.0. The summed E-state index contributed by atoms with van der Waals surface area (Å²) in [5.41, 5.74) is 2.46. The highest BCUT2D eigenvalue weighted by molar-refractivity contribution is 6.33. The highest BCUT2D eigenvalue weighted by atomic mass is 35.5. The van der Waals surface area contributed by atoms with Crippen molar-refractivity contribution in [1.82, 2.24) is 24.5 Å². The molecule has 6 rings (SSSR count). The van der Waals surface area contributed by atoms with E-state index in [0.29, 0.717) is 29.8 Å². The summed E-state index contributed by atoms with van der Waals surface area (Å²) in [4.78, 5) is 22.2. The number of benzene rings is 2. The summed E-state index contributed by atoms with van der Waals surface area (Å²) in [6.45, 7) is 2.85. The normalized spacial score (nSPS) is 17.4. The molecule has 33 heavy (non-hydrogen) atoms. The Hall–Kier alpha value is -3.19. The van der Waals surface area contributed by atoms with Gasteiger partial charge in [0.1, 0.15) is 0 Å². The molecule has 0 radical (unpaired) electrons. The van der Waals surface area contributed by atoms with Crippen molar-refractivity contribution in [2.75, 3.05) is 31.1 Å². The lowest BCUT2D eigenvalue weighted by Crippen LogP contribution is -2.50. The zero-order valence-electron chi connectivity index (χ0n) is 18.3. The van der Waals surface area contributed by atoms with E-state index in [0.717, 1.165) is 54.0 Å². The van der Waals surface area contributed by atoms with E-state index in [1.807, 2.05) is 57.8 Å². The second-order valence-corrected chi connectivity index (χ2v) is 9.29. The summed E-state index contributed by atoms with van der Waals surface area (Å²) in [6, 6.07) is 15.7. The van der Waals surface area contributed by atoms with Crippen LogP contribution in [0.1, 0.15) is 25.7 Å². The van der Waals surface area contributed by atoms with Crippen LogP contribution in [0.5, 0.6) is 0 Å². The fourth-order valence-electron chi connectivity index (χ4n) is 5.15. The second kappa shape index (κ2) is 8.30. The molecule has 2 fully saturated rings. The van der Waals surface area contributed by atoms with Gasteiger partial charge in [0.05, 0.1) is 10.5 Å². The van der Waals surface area contributed by atoms with Crippen molar-refractivity contribution in [2.24, 2.45) is 5.92 Å². The number of para-hydroxylation sites is 1. The largest absolute Gasteiger partial charge is 0.339 e. The molecule has 168 valence electrons. The van der Waals surface area contributed by atoms with Crippen LogP contribution >= 0.6 is 11.6 Å². The van der Waals surface area contributed by atoms with Crippen LogP contribution < -0.4 is 4.90 Å². The zero-order valence-corrected chi connectivity index (χ0v) is 19.1.